The molecule has 0 amide bonds. The maximum Gasteiger partial charge on any atom is 0.191 e. The molecule has 0 aliphatic carbocycles. The molecule has 0 atom stereocenters. The highest BCUT2D eigenvalue weighted by Gasteiger charge is 2.18. The van der Waals surface area contributed by atoms with Crippen molar-refractivity contribution in [1.29, 1.82) is 0 Å². The number of rotatable bonds is 10. The second-order valence-electron chi connectivity index (χ2n) is 6.00. The van der Waals surface area contributed by atoms with Crippen LogP contribution in [0, 0.1) is 11.7 Å². The van der Waals surface area contributed by atoms with E-state index in [0.717, 1.165) is 19.1 Å². The van der Waals surface area contributed by atoms with Crippen LogP contribution < -0.4 is 10.6 Å². The zero-order valence-electron chi connectivity index (χ0n) is 15.1. The molecule has 1 rings (SSSR count). The van der Waals surface area contributed by atoms with E-state index in [-0.39, 0.29) is 17.2 Å². The van der Waals surface area contributed by atoms with Crippen molar-refractivity contribution >= 4 is 15.8 Å². The minimum atomic E-state index is -3.68. The topological polar surface area (TPSA) is 79.8 Å². The Morgan fingerprint density at radius 1 is 1.24 bits per heavy atom. The van der Waals surface area contributed by atoms with Gasteiger partial charge in [-0.1, -0.05) is 26.0 Å². The molecule has 0 aliphatic heterocycles. The summed E-state index contributed by atoms with van der Waals surface area (Å²) in [4.78, 5) is 3.75. The molecule has 0 unspecified atom stereocenters. The predicted molar refractivity (Wildman–Crippen MR) is 98.1 cm³/mol. The third-order valence-electron chi connectivity index (χ3n) is 3.27. The van der Waals surface area contributed by atoms with Crippen LogP contribution in [-0.2, 0) is 14.6 Å². The van der Waals surface area contributed by atoms with Crippen molar-refractivity contribution in [3.63, 3.8) is 0 Å². The zero-order chi connectivity index (χ0) is 18.7. The van der Waals surface area contributed by atoms with Crippen LogP contribution in [0.1, 0.15) is 20.3 Å². The molecule has 6 nitrogen and oxygen atoms in total. The molecule has 0 radical (unpaired) electrons. The molecule has 0 aliphatic rings. The predicted octanol–water partition coefficient (Wildman–Crippen LogP) is 1.83. The van der Waals surface area contributed by atoms with Crippen LogP contribution in [0.15, 0.2) is 34.2 Å². The minimum Gasteiger partial charge on any atom is -0.381 e. The maximum absolute atomic E-state index is 13.6. The number of ether oxygens (including phenoxy) is 1. The standard InChI is InChI=1S/C17H28FN3O3S/c1-14(2)13-24-11-6-9-20-17(19-3)21-10-12-25(22,23)16-8-5-4-7-15(16)18/h4-5,7-8,14H,6,9-13H2,1-3H3,(H2,19,20,21). The van der Waals surface area contributed by atoms with Crippen molar-refractivity contribution in [1.82, 2.24) is 10.6 Å². The average Bonchev–Trinajstić information content (AvgIpc) is 2.56. The number of nitrogens with zero attached hydrogens (tertiary/aromatic N) is 1. The van der Waals surface area contributed by atoms with E-state index in [0.29, 0.717) is 25.0 Å². The highest BCUT2D eigenvalue weighted by atomic mass is 32.2. The molecule has 25 heavy (non-hydrogen) atoms. The lowest BCUT2D eigenvalue weighted by atomic mass is 10.2. The van der Waals surface area contributed by atoms with Crippen LogP contribution >= 0.6 is 0 Å². The van der Waals surface area contributed by atoms with Gasteiger partial charge >= 0.3 is 0 Å². The first-order chi connectivity index (χ1) is 11.9. The lowest BCUT2D eigenvalue weighted by Gasteiger charge is -2.12. The maximum atomic E-state index is 13.6. The molecule has 142 valence electrons. The van der Waals surface area contributed by atoms with Crippen LogP contribution in [0.5, 0.6) is 0 Å². The number of nitrogens with one attached hydrogen (secondary N) is 2. The van der Waals surface area contributed by atoms with Crippen molar-refractivity contribution in [2.75, 3.05) is 39.1 Å². The number of benzene rings is 1. The number of hydrogen-bond acceptors (Lipinski definition) is 4. The van der Waals surface area contributed by atoms with E-state index in [1.54, 1.807) is 7.05 Å². The van der Waals surface area contributed by atoms with Gasteiger partial charge in [0.15, 0.2) is 15.8 Å². The van der Waals surface area contributed by atoms with Crippen LogP contribution in [0.25, 0.3) is 0 Å². The van der Waals surface area contributed by atoms with Gasteiger partial charge in [-0.2, -0.15) is 0 Å². The molecule has 0 saturated heterocycles. The van der Waals surface area contributed by atoms with E-state index >= 15 is 0 Å². The Bertz CT molecular complexity index is 648. The van der Waals surface area contributed by atoms with Gasteiger partial charge in [0.05, 0.1) is 5.75 Å². The number of aliphatic imine (C=N–C) groups is 1. The summed E-state index contributed by atoms with van der Waals surface area (Å²) in [5.74, 6) is 0.0735. The second-order valence-corrected chi connectivity index (χ2v) is 8.07. The van der Waals surface area contributed by atoms with Crippen LogP contribution in [0.4, 0.5) is 4.39 Å². The van der Waals surface area contributed by atoms with E-state index < -0.39 is 15.7 Å². The molecule has 8 heteroatoms. The molecule has 0 bridgehead atoms. The van der Waals surface area contributed by atoms with Gasteiger partial charge in [0.1, 0.15) is 10.7 Å². The first-order valence-corrected chi connectivity index (χ1v) is 10.0. The van der Waals surface area contributed by atoms with Crippen LogP contribution in [0.2, 0.25) is 0 Å². The fraction of sp³-hybridized carbons (Fsp3) is 0.588. The Hall–Kier alpha value is -1.67. The second kappa shape index (κ2) is 11.0. The van der Waals surface area contributed by atoms with E-state index in [2.05, 4.69) is 29.5 Å². The first kappa shape index (κ1) is 21.4. The molecular weight excluding hydrogens is 345 g/mol. The van der Waals surface area contributed by atoms with Crippen molar-refractivity contribution in [2.45, 2.75) is 25.2 Å². The molecule has 1 aromatic carbocycles. The average molecular weight is 373 g/mol. The molecule has 0 fully saturated rings. The monoisotopic (exact) mass is 373 g/mol. The number of halogens is 1. The molecule has 0 spiro atoms. The Morgan fingerprint density at radius 3 is 2.56 bits per heavy atom. The van der Waals surface area contributed by atoms with E-state index in [9.17, 15) is 12.8 Å². The number of hydrogen-bond donors (Lipinski definition) is 2. The molecule has 0 heterocycles. The summed E-state index contributed by atoms with van der Waals surface area (Å²) in [6.45, 7) is 6.39. The molecule has 0 saturated carbocycles. The fourth-order valence-corrected chi connectivity index (χ4v) is 3.27. The molecular formula is C17H28FN3O3S. The quantitative estimate of drug-likeness (QED) is 0.372. The lowest BCUT2D eigenvalue weighted by molar-refractivity contribution is 0.108. The van der Waals surface area contributed by atoms with Crippen molar-refractivity contribution < 1.29 is 17.5 Å². The third kappa shape index (κ3) is 8.31. The van der Waals surface area contributed by atoms with Crippen molar-refractivity contribution in [3.05, 3.63) is 30.1 Å². The summed E-state index contributed by atoms with van der Waals surface area (Å²) in [5, 5.41) is 6.01. The Balaban J connectivity index is 2.32. The SMILES string of the molecule is CN=C(NCCCOCC(C)C)NCCS(=O)(=O)c1ccccc1F. The Morgan fingerprint density at radius 2 is 1.92 bits per heavy atom. The van der Waals surface area contributed by atoms with Gasteiger partial charge < -0.3 is 15.4 Å². The Labute approximate surface area is 149 Å². The van der Waals surface area contributed by atoms with Gasteiger partial charge in [-0.25, -0.2) is 12.8 Å². The van der Waals surface area contributed by atoms with Gasteiger partial charge in [0.25, 0.3) is 0 Å². The molecule has 2 N–H and O–H groups in total. The minimum absolute atomic E-state index is 0.139. The largest absolute Gasteiger partial charge is 0.381 e. The van der Waals surface area contributed by atoms with Crippen LogP contribution in [-0.4, -0.2) is 53.5 Å². The van der Waals surface area contributed by atoms with Gasteiger partial charge in [-0.05, 0) is 24.5 Å². The Kier molecular flexibility index (Phi) is 9.44. The third-order valence-corrected chi connectivity index (χ3v) is 5.01. The smallest absolute Gasteiger partial charge is 0.191 e. The lowest BCUT2D eigenvalue weighted by Crippen LogP contribution is -2.40. The highest BCUT2D eigenvalue weighted by Crippen LogP contribution is 2.14. The summed E-state index contributed by atoms with van der Waals surface area (Å²) < 4.78 is 43.4. The normalized spacial score (nSPS) is 12.4. The summed E-state index contributed by atoms with van der Waals surface area (Å²) in [5.41, 5.74) is 0. The first-order valence-electron chi connectivity index (χ1n) is 8.36. The van der Waals surface area contributed by atoms with Gasteiger partial charge in [0.2, 0.25) is 0 Å². The van der Waals surface area contributed by atoms with Gasteiger partial charge in [0, 0.05) is 33.4 Å². The molecule has 0 aromatic heterocycles. The number of guanidine groups is 1. The van der Waals surface area contributed by atoms with Crippen molar-refractivity contribution in [2.24, 2.45) is 10.9 Å². The summed E-state index contributed by atoms with van der Waals surface area (Å²) in [6.07, 6.45) is 0.820. The summed E-state index contributed by atoms with van der Waals surface area (Å²) >= 11 is 0. The summed E-state index contributed by atoms with van der Waals surface area (Å²) in [7, 11) is -2.07. The van der Waals surface area contributed by atoms with Gasteiger partial charge in [-0.15, -0.1) is 0 Å². The fourth-order valence-electron chi connectivity index (χ4n) is 2.03. The van der Waals surface area contributed by atoms with E-state index in [1.165, 1.54) is 18.2 Å². The summed E-state index contributed by atoms with van der Waals surface area (Å²) in [6, 6.07) is 5.38. The van der Waals surface area contributed by atoms with Crippen molar-refractivity contribution in [3.8, 4) is 0 Å². The van der Waals surface area contributed by atoms with Gasteiger partial charge in [-0.3, -0.25) is 4.99 Å². The zero-order valence-corrected chi connectivity index (χ0v) is 15.9. The molecule has 1 aromatic rings. The van der Waals surface area contributed by atoms with E-state index in [4.69, 9.17) is 4.74 Å². The number of sulfone groups is 1. The van der Waals surface area contributed by atoms with E-state index in [1.807, 2.05) is 0 Å². The highest BCUT2D eigenvalue weighted by molar-refractivity contribution is 7.91. The van der Waals surface area contributed by atoms with Crippen LogP contribution in [0.3, 0.4) is 0 Å².